The third kappa shape index (κ3) is 8.19. The normalized spacial score (nSPS) is 12.6. The van der Waals surface area contributed by atoms with E-state index < -0.39 is 0 Å². The monoisotopic (exact) mass is 202 g/mol. The Hall–Kier alpha value is -0.420. The highest BCUT2D eigenvalue weighted by molar-refractivity contribution is 5.00. The number of methoxy groups -OCH3 is 1. The number of allylic oxidation sites excluding steroid dienone is 1. The van der Waals surface area contributed by atoms with Gasteiger partial charge < -0.3 is 9.47 Å². The lowest BCUT2D eigenvalue weighted by atomic mass is 10.1. The van der Waals surface area contributed by atoms with E-state index in [1.165, 1.54) is 5.57 Å². The number of hydrogen-bond acceptors (Lipinski definition) is 4. The van der Waals surface area contributed by atoms with Crippen LogP contribution in [0.4, 0.5) is 0 Å². The predicted molar refractivity (Wildman–Crippen MR) is 57.9 cm³/mol. The average molecular weight is 202 g/mol. The molecule has 0 aliphatic rings. The predicted octanol–water partition coefficient (Wildman–Crippen LogP) is 0.838. The first-order valence-electron chi connectivity index (χ1n) is 4.88. The molecule has 14 heavy (non-hydrogen) atoms. The van der Waals surface area contributed by atoms with Crippen molar-refractivity contribution in [1.82, 2.24) is 5.43 Å². The fraction of sp³-hybridized carbons (Fsp3) is 0.800. The molecule has 0 fully saturated rings. The van der Waals surface area contributed by atoms with Crippen molar-refractivity contribution < 1.29 is 9.47 Å². The lowest BCUT2D eigenvalue weighted by Crippen LogP contribution is -2.34. The fourth-order valence-electron chi connectivity index (χ4n) is 1.07. The van der Waals surface area contributed by atoms with E-state index in [9.17, 15) is 0 Å². The van der Waals surface area contributed by atoms with Gasteiger partial charge in [0, 0.05) is 19.8 Å². The SMILES string of the molecule is COCCOCCC(C=C(C)C)NN. The Labute approximate surface area is 86.4 Å². The van der Waals surface area contributed by atoms with Crippen LogP contribution in [0.5, 0.6) is 0 Å². The van der Waals surface area contributed by atoms with E-state index in [2.05, 4.69) is 25.3 Å². The van der Waals surface area contributed by atoms with Gasteiger partial charge in [0.25, 0.3) is 0 Å². The van der Waals surface area contributed by atoms with E-state index in [-0.39, 0.29) is 6.04 Å². The second-order valence-electron chi connectivity index (χ2n) is 3.41. The van der Waals surface area contributed by atoms with Crippen LogP contribution in [0.15, 0.2) is 11.6 Å². The number of hydrazine groups is 1. The molecule has 0 aliphatic heterocycles. The Bertz CT molecular complexity index is 156. The minimum atomic E-state index is 0.197. The third-order valence-electron chi connectivity index (χ3n) is 1.75. The molecule has 1 atom stereocenters. The number of nitrogens with one attached hydrogen (secondary N) is 1. The molecule has 0 aromatic heterocycles. The van der Waals surface area contributed by atoms with Gasteiger partial charge in [-0.05, 0) is 20.3 Å². The quantitative estimate of drug-likeness (QED) is 0.265. The second kappa shape index (κ2) is 9.15. The molecule has 0 saturated carbocycles. The number of hydrogen-bond donors (Lipinski definition) is 2. The van der Waals surface area contributed by atoms with E-state index in [4.69, 9.17) is 15.3 Å². The number of rotatable bonds is 8. The van der Waals surface area contributed by atoms with Crippen LogP contribution in [0.2, 0.25) is 0 Å². The van der Waals surface area contributed by atoms with Crippen molar-refractivity contribution in [1.29, 1.82) is 0 Å². The molecule has 4 nitrogen and oxygen atoms in total. The van der Waals surface area contributed by atoms with Gasteiger partial charge in [-0.25, -0.2) is 0 Å². The lowest BCUT2D eigenvalue weighted by molar-refractivity contribution is 0.0674. The molecule has 0 spiro atoms. The van der Waals surface area contributed by atoms with Gasteiger partial charge in [0.2, 0.25) is 0 Å². The van der Waals surface area contributed by atoms with Crippen LogP contribution in [0, 0.1) is 0 Å². The molecule has 0 saturated heterocycles. The highest BCUT2D eigenvalue weighted by atomic mass is 16.5. The van der Waals surface area contributed by atoms with Crippen LogP contribution >= 0.6 is 0 Å². The van der Waals surface area contributed by atoms with Crippen molar-refractivity contribution in [2.24, 2.45) is 5.84 Å². The topological polar surface area (TPSA) is 56.5 Å². The van der Waals surface area contributed by atoms with Crippen LogP contribution in [0.25, 0.3) is 0 Å². The Balaban J connectivity index is 3.48. The molecular formula is C10H22N2O2. The van der Waals surface area contributed by atoms with Crippen molar-refractivity contribution in [2.75, 3.05) is 26.9 Å². The standard InChI is InChI=1S/C10H22N2O2/c1-9(2)8-10(12-11)4-5-14-7-6-13-3/h8,10,12H,4-7,11H2,1-3H3. The third-order valence-corrected chi connectivity index (χ3v) is 1.75. The van der Waals surface area contributed by atoms with Gasteiger partial charge in [-0.3, -0.25) is 11.3 Å². The summed E-state index contributed by atoms with van der Waals surface area (Å²) in [7, 11) is 1.66. The van der Waals surface area contributed by atoms with Crippen molar-refractivity contribution in [3.05, 3.63) is 11.6 Å². The van der Waals surface area contributed by atoms with Gasteiger partial charge in [-0.15, -0.1) is 0 Å². The summed E-state index contributed by atoms with van der Waals surface area (Å²) in [6, 6.07) is 0.197. The maximum absolute atomic E-state index is 5.39. The molecular weight excluding hydrogens is 180 g/mol. The summed E-state index contributed by atoms with van der Waals surface area (Å²) in [5.74, 6) is 5.39. The largest absolute Gasteiger partial charge is 0.382 e. The molecule has 1 unspecified atom stereocenters. The van der Waals surface area contributed by atoms with Crippen LogP contribution in [-0.4, -0.2) is 33.0 Å². The summed E-state index contributed by atoms with van der Waals surface area (Å²) in [6.45, 7) is 6.08. The summed E-state index contributed by atoms with van der Waals surface area (Å²) in [5, 5.41) is 0. The van der Waals surface area contributed by atoms with Gasteiger partial charge >= 0.3 is 0 Å². The van der Waals surface area contributed by atoms with E-state index in [0.29, 0.717) is 19.8 Å². The zero-order valence-electron chi connectivity index (χ0n) is 9.38. The minimum Gasteiger partial charge on any atom is -0.382 e. The smallest absolute Gasteiger partial charge is 0.0700 e. The molecule has 0 aliphatic carbocycles. The summed E-state index contributed by atoms with van der Waals surface area (Å²) in [6.07, 6.45) is 2.98. The summed E-state index contributed by atoms with van der Waals surface area (Å²) >= 11 is 0. The second-order valence-corrected chi connectivity index (χ2v) is 3.41. The highest BCUT2D eigenvalue weighted by Gasteiger charge is 2.01. The average Bonchev–Trinajstić information content (AvgIpc) is 2.15. The van der Waals surface area contributed by atoms with Crippen molar-refractivity contribution in [3.63, 3.8) is 0 Å². The summed E-state index contributed by atoms with van der Waals surface area (Å²) in [5.41, 5.74) is 3.99. The lowest BCUT2D eigenvalue weighted by Gasteiger charge is -2.12. The van der Waals surface area contributed by atoms with Crippen LogP contribution in [0.3, 0.4) is 0 Å². The van der Waals surface area contributed by atoms with Crippen LogP contribution in [0.1, 0.15) is 20.3 Å². The van der Waals surface area contributed by atoms with Gasteiger partial charge in [0.15, 0.2) is 0 Å². The molecule has 0 radical (unpaired) electrons. The minimum absolute atomic E-state index is 0.197. The molecule has 4 heteroatoms. The van der Waals surface area contributed by atoms with Crippen molar-refractivity contribution in [2.45, 2.75) is 26.3 Å². The van der Waals surface area contributed by atoms with Crippen molar-refractivity contribution >= 4 is 0 Å². The Morgan fingerprint density at radius 3 is 2.57 bits per heavy atom. The first kappa shape index (κ1) is 13.6. The summed E-state index contributed by atoms with van der Waals surface area (Å²) in [4.78, 5) is 0. The van der Waals surface area contributed by atoms with Gasteiger partial charge in [0.05, 0.1) is 13.2 Å². The summed E-state index contributed by atoms with van der Waals surface area (Å²) < 4.78 is 10.2. The molecule has 0 rings (SSSR count). The first-order chi connectivity index (χ1) is 6.70. The van der Waals surface area contributed by atoms with Crippen LogP contribution < -0.4 is 11.3 Å². The van der Waals surface area contributed by atoms with Crippen molar-refractivity contribution in [3.8, 4) is 0 Å². The Kier molecular flexibility index (Phi) is 8.87. The molecule has 0 aromatic rings. The van der Waals surface area contributed by atoms with E-state index in [1.807, 2.05) is 0 Å². The zero-order valence-corrected chi connectivity index (χ0v) is 9.38. The number of ether oxygens (including phenoxy) is 2. The molecule has 0 bridgehead atoms. The fourth-order valence-corrected chi connectivity index (χ4v) is 1.07. The molecule has 84 valence electrons. The van der Waals surface area contributed by atoms with Gasteiger partial charge in [-0.1, -0.05) is 11.6 Å². The van der Waals surface area contributed by atoms with Crippen LogP contribution in [-0.2, 0) is 9.47 Å². The maximum atomic E-state index is 5.39. The van der Waals surface area contributed by atoms with Gasteiger partial charge in [0.1, 0.15) is 0 Å². The van der Waals surface area contributed by atoms with E-state index in [1.54, 1.807) is 7.11 Å². The molecule has 0 amide bonds. The number of nitrogens with two attached hydrogens (primary N) is 1. The Morgan fingerprint density at radius 1 is 1.36 bits per heavy atom. The van der Waals surface area contributed by atoms with Gasteiger partial charge in [-0.2, -0.15) is 0 Å². The molecule has 3 N–H and O–H groups in total. The molecule has 0 heterocycles. The van der Waals surface area contributed by atoms with E-state index >= 15 is 0 Å². The Morgan fingerprint density at radius 2 is 2.07 bits per heavy atom. The zero-order chi connectivity index (χ0) is 10.8. The molecule has 0 aromatic carbocycles. The maximum Gasteiger partial charge on any atom is 0.0700 e. The first-order valence-corrected chi connectivity index (χ1v) is 4.88. The van der Waals surface area contributed by atoms with E-state index in [0.717, 1.165) is 6.42 Å². The highest BCUT2D eigenvalue weighted by Crippen LogP contribution is 1.98.